The number of likely N-dealkylation sites (tertiary alicyclic amines) is 1. The minimum absolute atomic E-state index is 0.104. The van der Waals surface area contributed by atoms with Gasteiger partial charge in [-0.15, -0.1) is 0 Å². The Morgan fingerprint density at radius 3 is 2.32 bits per heavy atom. The predicted octanol–water partition coefficient (Wildman–Crippen LogP) is 3.12. The average molecular weight is 264 g/mol. The molecular formula is C15H21FN2O. The van der Waals surface area contributed by atoms with E-state index in [1.54, 1.807) is 13.0 Å². The van der Waals surface area contributed by atoms with E-state index in [1.165, 1.54) is 12.5 Å². The first-order chi connectivity index (χ1) is 9.09. The molecule has 104 valence electrons. The number of nitrogens with two attached hydrogens (primary N) is 1. The molecule has 19 heavy (non-hydrogen) atoms. The molecule has 0 aromatic heterocycles. The summed E-state index contributed by atoms with van der Waals surface area (Å²) < 4.78 is 13.7. The van der Waals surface area contributed by atoms with Gasteiger partial charge < -0.3 is 10.6 Å². The topological polar surface area (TPSA) is 46.3 Å². The normalized spacial score (nSPS) is 16.8. The van der Waals surface area contributed by atoms with Crippen LogP contribution in [0.25, 0.3) is 0 Å². The SMILES string of the molecule is Cc1c(N)cc(C(=O)N2CCCCCCC2)cc1F. The summed E-state index contributed by atoms with van der Waals surface area (Å²) in [6, 6.07) is 2.88. The van der Waals surface area contributed by atoms with Gasteiger partial charge in [-0.25, -0.2) is 4.39 Å². The van der Waals surface area contributed by atoms with Crippen molar-refractivity contribution < 1.29 is 9.18 Å². The van der Waals surface area contributed by atoms with Crippen molar-refractivity contribution in [3.05, 3.63) is 29.1 Å². The van der Waals surface area contributed by atoms with Crippen molar-refractivity contribution in [2.75, 3.05) is 18.8 Å². The van der Waals surface area contributed by atoms with Gasteiger partial charge in [-0.2, -0.15) is 0 Å². The molecular weight excluding hydrogens is 243 g/mol. The summed E-state index contributed by atoms with van der Waals surface area (Å²) in [5, 5.41) is 0. The van der Waals surface area contributed by atoms with Crippen molar-refractivity contribution in [1.82, 2.24) is 4.90 Å². The van der Waals surface area contributed by atoms with E-state index in [9.17, 15) is 9.18 Å². The summed E-state index contributed by atoms with van der Waals surface area (Å²) in [7, 11) is 0. The molecule has 4 heteroatoms. The van der Waals surface area contributed by atoms with Crippen LogP contribution in [0.2, 0.25) is 0 Å². The molecule has 0 radical (unpaired) electrons. The van der Waals surface area contributed by atoms with Crippen LogP contribution in [0.1, 0.15) is 48.0 Å². The van der Waals surface area contributed by atoms with Gasteiger partial charge in [0, 0.05) is 29.9 Å². The average Bonchev–Trinajstić information content (AvgIpc) is 2.34. The van der Waals surface area contributed by atoms with Crippen LogP contribution in [-0.2, 0) is 0 Å². The van der Waals surface area contributed by atoms with E-state index in [0.717, 1.165) is 38.8 Å². The minimum Gasteiger partial charge on any atom is -0.398 e. The quantitative estimate of drug-likeness (QED) is 0.792. The Kier molecular flexibility index (Phi) is 4.40. The number of amides is 1. The number of halogens is 1. The first kappa shape index (κ1) is 13.8. The molecule has 0 saturated carbocycles. The third-order valence-electron chi connectivity index (χ3n) is 3.77. The lowest BCUT2D eigenvalue weighted by molar-refractivity contribution is 0.0742. The van der Waals surface area contributed by atoms with E-state index in [-0.39, 0.29) is 5.91 Å². The van der Waals surface area contributed by atoms with E-state index in [0.29, 0.717) is 16.8 Å². The number of benzene rings is 1. The number of carbonyl (C=O) groups excluding carboxylic acids is 1. The Morgan fingerprint density at radius 2 is 1.74 bits per heavy atom. The van der Waals surface area contributed by atoms with E-state index in [1.807, 2.05) is 4.90 Å². The van der Waals surface area contributed by atoms with Crippen LogP contribution in [0.15, 0.2) is 12.1 Å². The summed E-state index contributed by atoms with van der Waals surface area (Å²) in [5.74, 6) is -0.511. The summed E-state index contributed by atoms with van der Waals surface area (Å²) in [6.07, 6.45) is 5.61. The summed E-state index contributed by atoms with van der Waals surface area (Å²) in [5.41, 5.74) is 6.85. The zero-order valence-corrected chi connectivity index (χ0v) is 11.4. The maximum Gasteiger partial charge on any atom is 0.254 e. The number of hydrogen-bond donors (Lipinski definition) is 1. The first-order valence-corrected chi connectivity index (χ1v) is 6.94. The molecule has 1 aliphatic rings. The lowest BCUT2D eigenvalue weighted by atomic mass is 10.1. The van der Waals surface area contributed by atoms with Gasteiger partial charge in [-0.1, -0.05) is 19.3 Å². The van der Waals surface area contributed by atoms with Gasteiger partial charge in [0.15, 0.2) is 0 Å². The molecule has 1 aliphatic heterocycles. The third-order valence-corrected chi connectivity index (χ3v) is 3.77. The van der Waals surface area contributed by atoms with Gasteiger partial charge in [0.25, 0.3) is 5.91 Å². The van der Waals surface area contributed by atoms with Crippen molar-refractivity contribution in [3.8, 4) is 0 Å². The van der Waals surface area contributed by atoms with Crippen LogP contribution < -0.4 is 5.73 Å². The van der Waals surface area contributed by atoms with Gasteiger partial charge in [0.2, 0.25) is 0 Å². The smallest absolute Gasteiger partial charge is 0.254 e. The summed E-state index contributed by atoms with van der Waals surface area (Å²) in [4.78, 5) is 14.2. The molecule has 1 heterocycles. The Morgan fingerprint density at radius 1 is 1.16 bits per heavy atom. The van der Waals surface area contributed by atoms with Crippen LogP contribution in [0.5, 0.6) is 0 Å². The van der Waals surface area contributed by atoms with Crippen molar-refractivity contribution in [2.45, 2.75) is 39.0 Å². The highest BCUT2D eigenvalue weighted by molar-refractivity contribution is 5.95. The van der Waals surface area contributed by atoms with Crippen LogP contribution in [0.3, 0.4) is 0 Å². The molecule has 0 atom stereocenters. The number of rotatable bonds is 1. The fraction of sp³-hybridized carbons (Fsp3) is 0.533. The minimum atomic E-state index is -0.407. The number of nitrogen functional groups attached to an aromatic ring is 1. The van der Waals surface area contributed by atoms with Gasteiger partial charge in [-0.05, 0) is 31.9 Å². The highest BCUT2D eigenvalue weighted by atomic mass is 19.1. The predicted molar refractivity (Wildman–Crippen MR) is 74.5 cm³/mol. The van der Waals surface area contributed by atoms with Crippen LogP contribution in [0.4, 0.5) is 10.1 Å². The molecule has 0 unspecified atom stereocenters. The Bertz CT molecular complexity index is 442. The zero-order valence-electron chi connectivity index (χ0n) is 11.4. The molecule has 1 fully saturated rings. The monoisotopic (exact) mass is 264 g/mol. The zero-order chi connectivity index (χ0) is 13.8. The fourth-order valence-electron chi connectivity index (χ4n) is 2.46. The summed E-state index contributed by atoms with van der Waals surface area (Å²) >= 11 is 0. The Labute approximate surface area is 113 Å². The molecule has 2 rings (SSSR count). The number of anilines is 1. The van der Waals surface area contributed by atoms with E-state index in [2.05, 4.69) is 0 Å². The van der Waals surface area contributed by atoms with Crippen molar-refractivity contribution in [2.24, 2.45) is 0 Å². The second-order valence-corrected chi connectivity index (χ2v) is 5.23. The maximum atomic E-state index is 13.7. The fourth-order valence-corrected chi connectivity index (χ4v) is 2.46. The van der Waals surface area contributed by atoms with Crippen molar-refractivity contribution in [1.29, 1.82) is 0 Å². The van der Waals surface area contributed by atoms with Gasteiger partial charge >= 0.3 is 0 Å². The second kappa shape index (κ2) is 6.04. The molecule has 1 saturated heterocycles. The van der Waals surface area contributed by atoms with Crippen LogP contribution in [0, 0.1) is 12.7 Å². The largest absolute Gasteiger partial charge is 0.398 e. The molecule has 3 nitrogen and oxygen atoms in total. The van der Waals surface area contributed by atoms with Crippen molar-refractivity contribution in [3.63, 3.8) is 0 Å². The van der Waals surface area contributed by atoms with E-state index in [4.69, 9.17) is 5.73 Å². The molecule has 1 amide bonds. The van der Waals surface area contributed by atoms with Crippen LogP contribution >= 0.6 is 0 Å². The number of carbonyl (C=O) groups is 1. The summed E-state index contributed by atoms with van der Waals surface area (Å²) in [6.45, 7) is 3.14. The molecule has 1 aromatic rings. The number of nitrogens with zero attached hydrogens (tertiary/aromatic N) is 1. The first-order valence-electron chi connectivity index (χ1n) is 6.94. The van der Waals surface area contributed by atoms with Crippen molar-refractivity contribution >= 4 is 11.6 Å². The highest BCUT2D eigenvalue weighted by Crippen LogP contribution is 2.20. The Hall–Kier alpha value is -1.58. The lowest BCUT2D eigenvalue weighted by Gasteiger charge is -2.25. The molecule has 0 bridgehead atoms. The van der Waals surface area contributed by atoms with E-state index >= 15 is 0 Å². The Balaban J connectivity index is 2.18. The van der Waals surface area contributed by atoms with Gasteiger partial charge in [0.05, 0.1) is 0 Å². The highest BCUT2D eigenvalue weighted by Gasteiger charge is 2.18. The second-order valence-electron chi connectivity index (χ2n) is 5.23. The lowest BCUT2D eigenvalue weighted by Crippen LogP contribution is -2.34. The van der Waals surface area contributed by atoms with Gasteiger partial charge in [-0.3, -0.25) is 4.79 Å². The maximum absolute atomic E-state index is 13.7. The molecule has 1 aromatic carbocycles. The molecule has 2 N–H and O–H groups in total. The third kappa shape index (κ3) is 3.25. The van der Waals surface area contributed by atoms with E-state index < -0.39 is 5.82 Å². The molecule has 0 spiro atoms. The molecule has 0 aliphatic carbocycles. The number of hydrogen-bond acceptors (Lipinski definition) is 2. The van der Waals surface area contributed by atoms with Crippen LogP contribution in [-0.4, -0.2) is 23.9 Å². The standard InChI is InChI=1S/C15H21FN2O/c1-11-13(16)9-12(10-14(11)17)15(19)18-7-5-3-2-4-6-8-18/h9-10H,2-8,17H2,1H3. The van der Waals surface area contributed by atoms with Gasteiger partial charge in [0.1, 0.15) is 5.82 Å².